The third-order valence-corrected chi connectivity index (χ3v) is 3.37. The molecular formula is C13H24N4. The van der Waals surface area contributed by atoms with E-state index in [0.717, 1.165) is 37.2 Å². The summed E-state index contributed by atoms with van der Waals surface area (Å²) in [7, 11) is 0. The summed E-state index contributed by atoms with van der Waals surface area (Å²) in [6, 6.07) is 2.03. The summed E-state index contributed by atoms with van der Waals surface area (Å²) in [5.41, 5.74) is 6.91. The topological polar surface area (TPSA) is 63.8 Å². The molecule has 3 N–H and O–H groups in total. The van der Waals surface area contributed by atoms with Crippen LogP contribution in [-0.4, -0.2) is 22.1 Å². The van der Waals surface area contributed by atoms with Crippen molar-refractivity contribution < 1.29 is 0 Å². The van der Waals surface area contributed by atoms with Gasteiger partial charge in [0, 0.05) is 18.3 Å². The van der Waals surface area contributed by atoms with E-state index in [4.69, 9.17) is 5.73 Å². The van der Waals surface area contributed by atoms with E-state index >= 15 is 0 Å². The number of anilines is 1. The number of hydrogen-bond acceptors (Lipinski definition) is 4. The number of aryl methyl sites for hydroxylation is 1. The molecule has 0 atom stereocenters. The highest BCUT2D eigenvalue weighted by Crippen LogP contribution is 2.20. The molecule has 1 aromatic heterocycles. The Kier molecular flexibility index (Phi) is 5.35. The molecular weight excluding hydrogens is 212 g/mol. The lowest BCUT2D eigenvalue weighted by atomic mass is 9.93. The molecule has 0 aromatic carbocycles. The van der Waals surface area contributed by atoms with Crippen LogP contribution in [0.15, 0.2) is 12.4 Å². The van der Waals surface area contributed by atoms with E-state index < -0.39 is 0 Å². The molecule has 17 heavy (non-hydrogen) atoms. The summed E-state index contributed by atoms with van der Waals surface area (Å²) in [5, 5.41) is 3.46. The normalized spacial score (nSPS) is 11.5. The standard InChI is InChI=1S/C13H24N4/c1-4-7-11-8-12(16-10-15-11)17-13(5-2,6-3)9-14/h8,10H,4-7,9,14H2,1-3H3,(H,15,16,17). The average Bonchev–Trinajstić information content (AvgIpc) is 2.37. The second kappa shape index (κ2) is 6.55. The molecule has 0 bridgehead atoms. The van der Waals surface area contributed by atoms with Gasteiger partial charge in [-0.15, -0.1) is 0 Å². The van der Waals surface area contributed by atoms with E-state index in [1.807, 2.05) is 6.07 Å². The molecule has 96 valence electrons. The van der Waals surface area contributed by atoms with Crippen LogP contribution in [0.2, 0.25) is 0 Å². The quantitative estimate of drug-likeness (QED) is 0.763. The van der Waals surface area contributed by atoms with Gasteiger partial charge in [0.05, 0.1) is 5.54 Å². The fourth-order valence-corrected chi connectivity index (χ4v) is 1.90. The van der Waals surface area contributed by atoms with Crippen molar-refractivity contribution in [1.29, 1.82) is 0 Å². The number of nitrogens with two attached hydrogens (primary N) is 1. The molecule has 0 saturated heterocycles. The van der Waals surface area contributed by atoms with Crippen LogP contribution < -0.4 is 11.1 Å². The first-order chi connectivity index (χ1) is 8.19. The average molecular weight is 236 g/mol. The van der Waals surface area contributed by atoms with Crippen molar-refractivity contribution in [3.63, 3.8) is 0 Å². The van der Waals surface area contributed by atoms with Crippen molar-refractivity contribution in [3.8, 4) is 0 Å². The summed E-state index contributed by atoms with van der Waals surface area (Å²) < 4.78 is 0. The summed E-state index contributed by atoms with van der Waals surface area (Å²) in [6.45, 7) is 7.07. The van der Waals surface area contributed by atoms with Gasteiger partial charge in [0.25, 0.3) is 0 Å². The number of nitrogens with zero attached hydrogens (tertiary/aromatic N) is 2. The van der Waals surface area contributed by atoms with Crippen LogP contribution in [0.1, 0.15) is 45.7 Å². The first kappa shape index (κ1) is 13.9. The lowest BCUT2D eigenvalue weighted by Crippen LogP contribution is -2.44. The van der Waals surface area contributed by atoms with Crippen molar-refractivity contribution in [2.24, 2.45) is 5.73 Å². The number of hydrogen-bond donors (Lipinski definition) is 2. The third-order valence-electron chi connectivity index (χ3n) is 3.37. The molecule has 0 aliphatic rings. The number of nitrogens with one attached hydrogen (secondary N) is 1. The van der Waals surface area contributed by atoms with Crippen molar-refractivity contribution in [1.82, 2.24) is 9.97 Å². The Labute approximate surface area is 104 Å². The van der Waals surface area contributed by atoms with E-state index in [2.05, 4.69) is 36.1 Å². The maximum atomic E-state index is 5.87. The fraction of sp³-hybridized carbons (Fsp3) is 0.692. The highest BCUT2D eigenvalue weighted by Gasteiger charge is 2.24. The second-order valence-corrected chi connectivity index (χ2v) is 4.46. The molecule has 0 saturated carbocycles. The number of rotatable bonds is 7. The lowest BCUT2D eigenvalue weighted by molar-refractivity contribution is 0.443. The molecule has 0 unspecified atom stereocenters. The largest absolute Gasteiger partial charge is 0.363 e. The summed E-state index contributed by atoms with van der Waals surface area (Å²) in [4.78, 5) is 8.53. The summed E-state index contributed by atoms with van der Waals surface area (Å²) in [5.74, 6) is 0.887. The zero-order valence-corrected chi connectivity index (χ0v) is 11.2. The third kappa shape index (κ3) is 3.66. The molecule has 4 nitrogen and oxygen atoms in total. The lowest BCUT2D eigenvalue weighted by Gasteiger charge is -2.32. The van der Waals surface area contributed by atoms with Gasteiger partial charge in [-0.2, -0.15) is 0 Å². The Morgan fingerprint density at radius 3 is 2.47 bits per heavy atom. The Hall–Kier alpha value is -1.16. The minimum Gasteiger partial charge on any atom is -0.363 e. The molecule has 0 aliphatic carbocycles. The Bertz CT molecular complexity index is 326. The summed E-state index contributed by atoms with van der Waals surface area (Å²) >= 11 is 0. The zero-order chi connectivity index (χ0) is 12.7. The van der Waals surface area contributed by atoms with E-state index in [0.29, 0.717) is 6.54 Å². The van der Waals surface area contributed by atoms with Crippen LogP contribution >= 0.6 is 0 Å². The minimum absolute atomic E-state index is 0.0438. The van der Waals surface area contributed by atoms with Crippen LogP contribution in [0.5, 0.6) is 0 Å². The summed E-state index contributed by atoms with van der Waals surface area (Å²) in [6.07, 6.45) is 5.70. The van der Waals surface area contributed by atoms with Gasteiger partial charge in [-0.05, 0) is 19.3 Å². The van der Waals surface area contributed by atoms with E-state index in [9.17, 15) is 0 Å². The maximum Gasteiger partial charge on any atom is 0.130 e. The van der Waals surface area contributed by atoms with Crippen molar-refractivity contribution in [2.45, 2.75) is 52.0 Å². The molecule has 0 amide bonds. The van der Waals surface area contributed by atoms with Crippen molar-refractivity contribution in [2.75, 3.05) is 11.9 Å². The van der Waals surface area contributed by atoms with Gasteiger partial charge >= 0.3 is 0 Å². The van der Waals surface area contributed by atoms with Crippen LogP contribution in [0.4, 0.5) is 5.82 Å². The molecule has 1 heterocycles. The maximum absolute atomic E-state index is 5.87. The van der Waals surface area contributed by atoms with Crippen LogP contribution in [0, 0.1) is 0 Å². The van der Waals surface area contributed by atoms with Crippen molar-refractivity contribution >= 4 is 5.82 Å². The first-order valence-electron chi connectivity index (χ1n) is 6.48. The predicted molar refractivity (Wildman–Crippen MR) is 72.0 cm³/mol. The van der Waals surface area contributed by atoms with Gasteiger partial charge in [-0.1, -0.05) is 27.2 Å². The highest BCUT2D eigenvalue weighted by molar-refractivity contribution is 5.38. The monoisotopic (exact) mass is 236 g/mol. The second-order valence-electron chi connectivity index (χ2n) is 4.46. The Balaban J connectivity index is 2.82. The zero-order valence-electron chi connectivity index (χ0n) is 11.2. The Morgan fingerprint density at radius 1 is 1.24 bits per heavy atom. The predicted octanol–water partition coefficient (Wildman–Crippen LogP) is 2.36. The Morgan fingerprint density at radius 2 is 1.94 bits per heavy atom. The molecule has 4 heteroatoms. The minimum atomic E-state index is -0.0438. The molecule has 0 aliphatic heterocycles. The van der Waals surface area contributed by atoms with E-state index in [-0.39, 0.29) is 5.54 Å². The van der Waals surface area contributed by atoms with Gasteiger partial charge in [0.2, 0.25) is 0 Å². The number of aromatic nitrogens is 2. The van der Waals surface area contributed by atoms with Crippen LogP contribution in [0.3, 0.4) is 0 Å². The van der Waals surface area contributed by atoms with E-state index in [1.165, 1.54) is 0 Å². The highest BCUT2D eigenvalue weighted by atomic mass is 15.1. The van der Waals surface area contributed by atoms with Gasteiger partial charge < -0.3 is 11.1 Å². The molecule has 0 fully saturated rings. The molecule has 1 aromatic rings. The van der Waals surface area contributed by atoms with Crippen LogP contribution in [-0.2, 0) is 6.42 Å². The van der Waals surface area contributed by atoms with Gasteiger partial charge in [0.15, 0.2) is 0 Å². The van der Waals surface area contributed by atoms with E-state index in [1.54, 1.807) is 6.33 Å². The molecule has 1 rings (SSSR count). The van der Waals surface area contributed by atoms with Crippen molar-refractivity contribution in [3.05, 3.63) is 18.1 Å². The SMILES string of the molecule is CCCc1cc(NC(CC)(CC)CN)ncn1. The molecule has 0 spiro atoms. The van der Waals surface area contributed by atoms with Gasteiger partial charge in [-0.3, -0.25) is 0 Å². The van der Waals surface area contributed by atoms with Gasteiger partial charge in [0.1, 0.15) is 12.1 Å². The van der Waals surface area contributed by atoms with Gasteiger partial charge in [-0.25, -0.2) is 9.97 Å². The fourth-order valence-electron chi connectivity index (χ4n) is 1.90. The molecule has 0 radical (unpaired) electrons. The van der Waals surface area contributed by atoms with Crippen LogP contribution in [0.25, 0.3) is 0 Å². The smallest absolute Gasteiger partial charge is 0.130 e. The first-order valence-corrected chi connectivity index (χ1v) is 6.48.